The van der Waals surface area contributed by atoms with Crippen LogP contribution in [0.25, 0.3) is 0 Å². The molecular formula is C19H21N3O2S. The number of hydrogen-bond donors (Lipinski definition) is 2. The summed E-state index contributed by atoms with van der Waals surface area (Å²) in [6.45, 7) is 5.19. The molecule has 2 amide bonds. The Bertz CT molecular complexity index is 758. The number of rotatable bonds is 5. The van der Waals surface area contributed by atoms with Gasteiger partial charge in [-0.25, -0.2) is 0 Å². The van der Waals surface area contributed by atoms with Gasteiger partial charge < -0.3 is 10.2 Å². The lowest BCUT2D eigenvalue weighted by Gasteiger charge is -2.19. The van der Waals surface area contributed by atoms with Gasteiger partial charge in [0.15, 0.2) is 5.11 Å². The molecule has 0 radical (unpaired) electrons. The molecule has 0 aliphatic carbocycles. The summed E-state index contributed by atoms with van der Waals surface area (Å²) in [7, 11) is 0. The number of amides is 2. The highest BCUT2D eigenvalue weighted by Crippen LogP contribution is 2.13. The molecule has 0 saturated carbocycles. The topological polar surface area (TPSA) is 61.4 Å². The van der Waals surface area contributed by atoms with E-state index in [0.29, 0.717) is 29.9 Å². The summed E-state index contributed by atoms with van der Waals surface area (Å²) in [5, 5.41) is 5.75. The van der Waals surface area contributed by atoms with Crippen molar-refractivity contribution in [1.82, 2.24) is 10.2 Å². The zero-order chi connectivity index (χ0) is 18.2. The van der Waals surface area contributed by atoms with Crippen LogP contribution < -0.4 is 10.6 Å². The van der Waals surface area contributed by atoms with Gasteiger partial charge in [-0.05, 0) is 56.4 Å². The van der Waals surface area contributed by atoms with Crippen LogP contribution in [0.15, 0.2) is 54.6 Å². The van der Waals surface area contributed by atoms with Gasteiger partial charge in [0.25, 0.3) is 11.8 Å². The fourth-order valence-corrected chi connectivity index (χ4v) is 2.56. The normalized spacial score (nSPS) is 10.0. The van der Waals surface area contributed by atoms with E-state index in [9.17, 15) is 9.59 Å². The third kappa shape index (κ3) is 5.12. The van der Waals surface area contributed by atoms with E-state index in [2.05, 4.69) is 10.6 Å². The highest BCUT2D eigenvalue weighted by atomic mass is 32.1. The van der Waals surface area contributed by atoms with Crippen molar-refractivity contribution in [3.63, 3.8) is 0 Å². The molecule has 0 aliphatic heterocycles. The lowest BCUT2D eigenvalue weighted by molar-refractivity contribution is 0.0772. The fourth-order valence-electron chi connectivity index (χ4n) is 2.35. The van der Waals surface area contributed by atoms with Gasteiger partial charge in [-0.3, -0.25) is 14.9 Å². The van der Waals surface area contributed by atoms with Crippen molar-refractivity contribution in [3.05, 3.63) is 65.7 Å². The summed E-state index contributed by atoms with van der Waals surface area (Å²) >= 11 is 5.18. The van der Waals surface area contributed by atoms with Crippen molar-refractivity contribution >= 4 is 34.8 Å². The minimum absolute atomic E-state index is 0.0344. The summed E-state index contributed by atoms with van der Waals surface area (Å²) in [5.41, 5.74) is 1.75. The molecule has 0 fully saturated rings. The lowest BCUT2D eigenvalue weighted by atomic mass is 10.1. The Morgan fingerprint density at radius 3 is 2.24 bits per heavy atom. The van der Waals surface area contributed by atoms with Crippen LogP contribution in [0.5, 0.6) is 0 Å². The Hall–Kier alpha value is -2.73. The number of anilines is 1. The minimum atomic E-state index is -0.284. The number of nitrogens with zero attached hydrogens (tertiary/aromatic N) is 1. The van der Waals surface area contributed by atoms with Gasteiger partial charge in [0.2, 0.25) is 0 Å². The van der Waals surface area contributed by atoms with Gasteiger partial charge in [0.1, 0.15) is 0 Å². The van der Waals surface area contributed by atoms with Gasteiger partial charge >= 0.3 is 0 Å². The summed E-state index contributed by atoms with van der Waals surface area (Å²) < 4.78 is 0. The van der Waals surface area contributed by atoms with Gasteiger partial charge in [0, 0.05) is 29.9 Å². The van der Waals surface area contributed by atoms with E-state index in [1.54, 1.807) is 53.4 Å². The highest BCUT2D eigenvalue weighted by Gasteiger charge is 2.13. The molecule has 2 N–H and O–H groups in total. The molecule has 0 unspecified atom stereocenters. The number of carbonyl (C=O) groups excluding carboxylic acids is 2. The number of thiocarbonyl (C=S) groups is 1. The monoisotopic (exact) mass is 355 g/mol. The number of nitrogens with one attached hydrogen (secondary N) is 2. The van der Waals surface area contributed by atoms with Crippen LogP contribution in [-0.4, -0.2) is 34.9 Å². The molecule has 25 heavy (non-hydrogen) atoms. The average molecular weight is 355 g/mol. The molecule has 0 aromatic heterocycles. The van der Waals surface area contributed by atoms with Crippen molar-refractivity contribution in [2.45, 2.75) is 13.8 Å². The first-order chi connectivity index (χ1) is 12.0. The number of benzene rings is 2. The summed E-state index contributed by atoms with van der Waals surface area (Å²) in [6.07, 6.45) is 0. The van der Waals surface area contributed by atoms with Crippen LogP contribution in [0.2, 0.25) is 0 Å². The Morgan fingerprint density at radius 1 is 0.960 bits per heavy atom. The third-order valence-corrected chi connectivity index (χ3v) is 3.89. The predicted octanol–water partition coefficient (Wildman–Crippen LogP) is 3.30. The largest absolute Gasteiger partial charge is 0.339 e. The number of carbonyl (C=O) groups is 2. The lowest BCUT2D eigenvalue weighted by Crippen LogP contribution is -2.34. The molecule has 0 spiro atoms. The number of hydrogen-bond acceptors (Lipinski definition) is 3. The molecule has 0 saturated heterocycles. The molecular weight excluding hydrogens is 334 g/mol. The van der Waals surface area contributed by atoms with E-state index in [0.717, 1.165) is 0 Å². The Kier molecular flexibility index (Phi) is 6.65. The minimum Gasteiger partial charge on any atom is -0.339 e. The SMILES string of the molecule is CCN(CC)C(=O)c1cccc(NC(=S)NC(=O)c2ccccc2)c1. The summed E-state index contributed by atoms with van der Waals surface area (Å²) in [5.74, 6) is -0.318. The van der Waals surface area contributed by atoms with Gasteiger partial charge in [0.05, 0.1) is 0 Å². The zero-order valence-electron chi connectivity index (χ0n) is 14.3. The van der Waals surface area contributed by atoms with Crippen molar-refractivity contribution < 1.29 is 9.59 Å². The van der Waals surface area contributed by atoms with E-state index in [4.69, 9.17) is 12.2 Å². The quantitative estimate of drug-likeness (QED) is 0.808. The second-order valence-corrected chi connectivity index (χ2v) is 5.74. The molecule has 6 heteroatoms. The second-order valence-electron chi connectivity index (χ2n) is 5.33. The van der Waals surface area contributed by atoms with Crippen molar-refractivity contribution in [2.24, 2.45) is 0 Å². The van der Waals surface area contributed by atoms with Crippen LogP contribution in [0.3, 0.4) is 0 Å². The van der Waals surface area contributed by atoms with E-state index in [1.807, 2.05) is 19.9 Å². The molecule has 2 rings (SSSR count). The van der Waals surface area contributed by atoms with Crippen LogP contribution in [-0.2, 0) is 0 Å². The molecule has 2 aromatic rings. The summed E-state index contributed by atoms with van der Waals surface area (Å²) in [6, 6.07) is 15.9. The van der Waals surface area contributed by atoms with E-state index >= 15 is 0 Å². The van der Waals surface area contributed by atoms with Crippen molar-refractivity contribution in [1.29, 1.82) is 0 Å². The molecule has 2 aromatic carbocycles. The van der Waals surface area contributed by atoms with Crippen molar-refractivity contribution in [2.75, 3.05) is 18.4 Å². The Labute approximate surface area is 153 Å². The maximum absolute atomic E-state index is 12.4. The smallest absolute Gasteiger partial charge is 0.257 e. The third-order valence-electron chi connectivity index (χ3n) is 3.68. The van der Waals surface area contributed by atoms with E-state index in [1.165, 1.54) is 0 Å². The van der Waals surface area contributed by atoms with Crippen LogP contribution in [0.4, 0.5) is 5.69 Å². The fraction of sp³-hybridized carbons (Fsp3) is 0.211. The molecule has 5 nitrogen and oxygen atoms in total. The first-order valence-electron chi connectivity index (χ1n) is 8.11. The van der Waals surface area contributed by atoms with E-state index < -0.39 is 0 Å². The predicted molar refractivity (Wildman–Crippen MR) is 104 cm³/mol. The van der Waals surface area contributed by atoms with Crippen LogP contribution >= 0.6 is 12.2 Å². The van der Waals surface area contributed by atoms with Gasteiger partial charge in [-0.1, -0.05) is 24.3 Å². The molecule has 0 bridgehead atoms. The molecule has 130 valence electrons. The Morgan fingerprint density at radius 2 is 1.60 bits per heavy atom. The van der Waals surface area contributed by atoms with Crippen molar-refractivity contribution in [3.8, 4) is 0 Å². The van der Waals surface area contributed by atoms with Crippen LogP contribution in [0.1, 0.15) is 34.6 Å². The van der Waals surface area contributed by atoms with Gasteiger partial charge in [-0.15, -0.1) is 0 Å². The Balaban J connectivity index is 2.03. The molecule has 0 atom stereocenters. The average Bonchev–Trinajstić information content (AvgIpc) is 2.63. The zero-order valence-corrected chi connectivity index (χ0v) is 15.1. The second kappa shape index (κ2) is 8.94. The maximum Gasteiger partial charge on any atom is 0.257 e. The first kappa shape index (κ1) is 18.6. The molecule has 0 aliphatic rings. The first-order valence-corrected chi connectivity index (χ1v) is 8.52. The van der Waals surface area contributed by atoms with E-state index in [-0.39, 0.29) is 16.9 Å². The summed E-state index contributed by atoms with van der Waals surface area (Å²) in [4.78, 5) is 26.2. The standard InChI is InChI=1S/C19H21N3O2S/c1-3-22(4-2)18(24)15-11-8-12-16(13-15)20-19(25)21-17(23)14-9-6-5-7-10-14/h5-13H,3-4H2,1-2H3,(H2,20,21,23,25). The maximum atomic E-state index is 12.4. The van der Waals surface area contributed by atoms with Crippen LogP contribution in [0, 0.1) is 0 Å². The highest BCUT2D eigenvalue weighted by molar-refractivity contribution is 7.80. The van der Waals surface area contributed by atoms with Gasteiger partial charge in [-0.2, -0.15) is 0 Å². The molecule has 0 heterocycles.